The van der Waals surface area contributed by atoms with Crippen LogP contribution in [0.4, 0.5) is 10.2 Å². The summed E-state index contributed by atoms with van der Waals surface area (Å²) in [7, 11) is 0. The molecule has 0 unspecified atom stereocenters. The van der Waals surface area contributed by atoms with Gasteiger partial charge in [-0.3, -0.25) is 0 Å². The zero-order valence-electron chi connectivity index (χ0n) is 10.1. The Hall–Kier alpha value is -1.42. The highest BCUT2D eigenvalue weighted by molar-refractivity contribution is 9.10. The molecule has 2 aromatic rings. The number of rotatable bonds is 4. The Bertz CT molecular complexity index is 526. The second-order valence-corrected chi connectivity index (χ2v) is 5.02. The summed E-state index contributed by atoms with van der Waals surface area (Å²) in [5.41, 5.74) is 2.14. The minimum Gasteiger partial charge on any atom is -0.370 e. The van der Waals surface area contributed by atoms with Crippen LogP contribution < -0.4 is 5.32 Å². The van der Waals surface area contributed by atoms with Crippen LogP contribution in [-0.4, -0.2) is 11.5 Å². The quantitative estimate of drug-likeness (QED) is 0.925. The lowest BCUT2D eigenvalue weighted by Crippen LogP contribution is -2.07. The Kier molecular flexibility index (Phi) is 4.31. The molecule has 0 saturated carbocycles. The van der Waals surface area contributed by atoms with Gasteiger partial charge in [0, 0.05) is 17.2 Å². The van der Waals surface area contributed by atoms with Gasteiger partial charge in [-0.15, -0.1) is 0 Å². The molecule has 0 fully saturated rings. The molecule has 0 spiro atoms. The van der Waals surface area contributed by atoms with E-state index in [1.165, 1.54) is 6.07 Å². The molecule has 18 heavy (non-hydrogen) atoms. The molecular formula is C14H14BrFN2. The van der Waals surface area contributed by atoms with Crippen LogP contribution >= 0.6 is 15.9 Å². The van der Waals surface area contributed by atoms with Gasteiger partial charge in [-0.25, -0.2) is 9.37 Å². The van der Waals surface area contributed by atoms with Gasteiger partial charge in [0.05, 0.1) is 0 Å². The van der Waals surface area contributed by atoms with Crippen LogP contribution in [0.1, 0.15) is 11.1 Å². The van der Waals surface area contributed by atoms with Gasteiger partial charge in [0.2, 0.25) is 0 Å². The molecule has 2 nitrogen and oxygen atoms in total. The summed E-state index contributed by atoms with van der Waals surface area (Å²) in [5, 5.41) is 3.24. The number of halogens is 2. The average Bonchev–Trinajstić information content (AvgIpc) is 2.34. The van der Waals surface area contributed by atoms with E-state index in [1.54, 1.807) is 12.3 Å². The van der Waals surface area contributed by atoms with E-state index in [1.807, 2.05) is 25.1 Å². The first-order valence-corrected chi connectivity index (χ1v) is 6.55. The van der Waals surface area contributed by atoms with Crippen LogP contribution in [-0.2, 0) is 6.42 Å². The third-order valence-corrected chi connectivity index (χ3v) is 3.20. The van der Waals surface area contributed by atoms with Crippen molar-refractivity contribution in [2.75, 3.05) is 11.9 Å². The lowest BCUT2D eigenvalue weighted by atomic mass is 10.1. The summed E-state index contributed by atoms with van der Waals surface area (Å²) in [5.74, 6) is 0.664. The molecule has 0 aliphatic carbocycles. The fraction of sp³-hybridized carbons (Fsp3) is 0.214. The summed E-state index contributed by atoms with van der Waals surface area (Å²) in [4.78, 5) is 4.23. The second-order valence-electron chi connectivity index (χ2n) is 4.11. The molecule has 0 radical (unpaired) electrons. The number of nitrogens with one attached hydrogen (secondary N) is 1. The van der Waals surface area contributed by atoms with E-state index in [0.717, 1.165) is 34.4 Å². The smallest absolute Gasteiger partial charge is 0.125 e. The van der Waals surface area contributed by atoms with Crippen LogP contribution in [0.3, 0.4) is 0 Å². The highest BCUT2D eigenvalue weighted by atomic mass is 79.9. The van der Waals surface area contributed by atoms with Crippen LogP contribution in [0.25, 0.3) is 0 Å². The standard InChI is InChI=1S/C14H14BrFN2/c1-10-8-13(16)4-2-11(10)6-7-17-14-5-3-12(15)9-18-14/h2-5,8-9H,6-7H2,1H3,(H,17,18). The topological polar surface area (TPSA) is 24.9 Å². The van der Waals surface area contributed by atoms with E-state index < -0.39 is 0 Å². The summed E-state index contributed by atoms with van der Waals surface area (Å²) < 4.78 is 13.9. The molecule has 1 heterocycles. The van der Waals surface area contributed by atoms with Gasteiger partial charge in [-0.2, -0.15) is 0 Å². The SMILES string of the molecule is Cc1cc(F)ccc1CCNc1ccc(Br)cn1. The van der Waals surface area contributed by atoms with Gasteiger partial charge in [0.25, 0.3) is 0 Å². The predicted molar refractivity (Wildman–Crippen MR) is 75.3 cm³/mol. The molecule has 94 valence electrons. The second kappa shape index (κ2) is 5.96. The largest absolute Gasteiger partial charge is 0.370 e. The Morgan fingerprint density at radius 3 is 2.78 bits per heavy atom. The molecule has 0 saturated heterocycles. The summed E-state index contributed by atoms with van der Waals surface area (Å²) in [6, 6.07) is 8.76. The maximum absolute atomic E-state index is 12.9. The number of anilines is 1. The van der Waals surface area contributed by atoms with Gasteiger partial charge in [0.15, 0.2) is 0 Å². The first kappa shape index (κ1) is 13.0. The highest BCUT2D eigenvalue weighted by Crippen LogP contribution is 2.12. The van der Waals surface area contributed by atoms with E-state index in [-0.39, 0.29) is 5.82 Å². The van der Waals surface area contributed by atoms with Crippen molar-refractivity contribution < 1.29 is 4.39 Å². The first-order chi connectivity index (χ1) is 8.65. The average molecular weight is 309 g/mol. The van der Waals surface area contributed by atoms with Crippen LogP contribution in [0, 0.1) is 12.7 Å². The van der Waals surface area contributed by atoms with Gasteiger partial charge in [-0.1, -0.05) is 6.07 Å². The minimum absolute atomic E-state index is 0.182. The predicted octanol–water partition coefficient (Wildman–Crippen LogP) is 3.95. The van der Waals surface area contributed by atoms with Crippen molar-refractivity contribution in [1.82, 2.24) is 4.98 Å². The van der Waals surface area contributed by atoms with Crippen molar-refractivity contribution in [2.24, 2.45) is 0 Å². The molecule has 0 aliphatic rings. The van der Waals surface area contributed by atoms with Crippen molar-refractivity contribution in [3.8, 4) is 0 Å². The normalized spacial score (nSPS) is 10.4. The van der Waals surface area contributed by atoms with Crippen molar-refractivity contribution >= 4 is 21.7 Å². The van der Waals surface area contributed by atoms with Crippen LogP contribution in [0.5, 0.6) is 0 Å². The van der Waals surface area contributed by atoms with E-state index in [2.05, 4.69) is 26.2 Å². The molecule has 0 bridgehead atoms. The molecule has 1 N–H and O–H groups in total. The maximum atomic E-state index is 12.9. The third kappa shape index (κ3) is 3.53. The zero-order chi connectivity index (χ0) is 13.0. The van der Waals surface area contributed by atoms with Crippen LogP contribution in [0.2, 0.25) is 0 Å². The Balaban J connectivity index is 1.90. The van der Waals surface area contributed by atoms with Gasteiger partial charge in [0.1, 0.15) is 11.6 Å². The number of hydrogen-bond acceptors (Lipinski definition) is 2. The molecule has 0 atom stereocenters. The van der Waals surface area contributed by atoms with E-state index in [4.69, 9.17) is 0 Å². The summed E-state index contributed by atoms with van der Waals surface area (Å²) in [6.07, 6.45) is 2.61. The Labute approximate surface area is 114 Å². The number of hydrogen-bond donors (Lipinski definition) is 1. The molecule has 4 heteroatoms. The van der Waals surface area contributed by atoms with Crippen molar-refractivity contribution in [3.63, 3.8) is 0 Å². The molecule has 0 aliphatic heterocycles. The first-order valence-electron chi connectivity index (χ1n) is 5.75. The van der Waals surface area contributed by atoms with E-state index >= 15 is 0 Å². The highest BCUT2D eigenvalue weighted by Gasteiger charge is 2.00. The Morgan fingerprint density at radius 2 is 2.11 bits per heavy atom. The fourth-order valence-corrected chi connectivity index (χ4v) is 1.98. The molecule has 1 aromatic heterocycles. The number of nitrogens with zero attached hydrogens (tertiary/aromatic N) is 1. The molecule has 2 rings (SSSR count). The Morgan fingerprint density at radius 1 is 1.28 bits per heavy atom. The van der Waals surface area contributed by atoms with Crippen molar-refractivity contribution in [1.29, 1.82) is 0 Å². The van der Waals surface area contributed by atoms with Gasteiger partial charge < -0.3 is 5.32 Å². The van der Waals surface area contributed by atoms with Gasteiger partial charge >= 0.3 is 0 Å². The van der Waals surface area contributed by atoms with E-state index in [9.17, 15) is 4.39 Å². The molecule has 1 aromatic carbocycles. The lowest BCUT2D eigenvalue weighted by Gasteiger charge is -2.08. The maximum Gasteiger partial charge on any atom is 0.125 e. The van der Waals surface area contributed by atoms with Crippen LogP contribution in [0.15, 0.2) is 41.0 Å². The number of aromatic nitrogens is 1. The third-order valence-electron chi connectivity index (χ3n) is 2.73. The monoisotopic (exact) mass is 308 g/mol. The molecular weight excluding hydrogens is 295 g/mol. The summed E-state index contributed by atoms with van der Waals surface area (Å²) in [6.45, 7) is 2.71. The lowest BCUT2D eigenvalue weighted by molar-refractivity contribution is 0.625. The number of aryl methyl sites for hydroxylation is 1. The fourth-order valence-electron chi connectivity index (χ4n) is 1.75. The number of pyridine rings is 1. The molecule has 0 amide bonds. The zero-order valence-corrected chi connectivity index (χ0v) is 11.7. The van der Waals surface area contributed by atoms with E-state index in [0.29, 0.717) is 0 Å². The minimum atomic E-state index is -0.182. The van der Waals surface area contributed by atoms with Crippen molar-refractivity contribution in [2.45, 2.75) is 13.3 Å². The van der Waals surface area contributed by atoms with Crippen molar-refractivity contribution in [3.05, 3.63) is 57.9 Å². The number of benzene rings is 1. The van der Waals surface area contributed by atoms with Gasteiger partial charge in [-0.05, 0) is 64.7 Å². The summed E-state index contributed by atoms with van der Waals surface area (Å²) >= 11 is 3.34.